The Labute approximate surface area is 115 Å². The Bertz CT molecular complexity index is 484. The minimum absolute atomic E-state index is 0.132. The van der Waals surface area contributed by atoms with Crippen LogP contribution < -0.4 is 11.2 Å². The van der Waals surface area contributed by atoms with Crippen molar-refractivity contribution in [2.45, 2.75) is 6.92 Å². The van der Waals surface area contributed by atoms with Gasteiger partial charge in [-0.05, 0) is 42.9 Å². The summed E-state index contributed by atoms with van der Waals surface area (Å²) >= 11 is 16.3. The first-order chi connectivity index (χ1) is 7.99. The van der Waals surface area contributed by atoms with Gasteiger partial charge in [0, 0.05) is 0 Å². The molecular formula is C11H11Cl2N3S. The third kappa shape index (κ3) is 5.17. The second-order valence-electron chi connectivity index (χ2n) is 3.24. The fourth-order valence-electron chi connectivity index (χ4n) is 1.01. The number of halogens is 2. The number of thiocarbonyl (C=S) groups is 1. The Balaban J connectivity index is 2.73. The van der Waals surface area contributed by atoms with E-state index in [0.717, 1.165) is 11.3 Å². The highest BCUT2D eigenvalue weighted by molar-refractivity contribution is 7.80. The van der Waals surface area contributed by atoms with Crippen molar-refractivity contribution in [2.75, 3.05) is 0 Å². The molecule has 17 heavy (non-hydrogen) atoms. The molecule has 0 saturated carbocycles. The lowest BCUT2D eigenvalue weighted by Gasteiger charge is -1.98. The van der Waals surface area contributed by atoms with E-state index in [-0.39, 0.29) is 5.11 Å². The Kier molecular flexibility index (Phi) is 5.41. The summed E-state index contributed by atoms with van der Waals surface area (Å²) in [5.41, 5.74) is 9.42. The van der Waals surface area contributed by atoms with E-state index in [1.807, 2.05) is 25.1 Å². The Morgan fingerprint density at radius 2 is 2.12 bits per heavy atom. The van der Waals surface area contributed by atoms with Gasteiger partial charge in [0.2, 0.25) is 0 Å². The fraction of sp³-hybridized carbons (Fsp3) is 0.0909. The second kappa shape index (κ2) is 6.59. The van der Waals surface area contributed by atoms with Gasteiger partial charge in [0.25, 0.3) is 0 Å². The smallest absolute Gasteiger partial charge is 0.184 e. The standard InChI is InChI=1S/C11H11Cl2N3S/c1-7(15-16-11(14)17)2-3-8-4-5-9(12)10(13)6-8/h2-6H,1H3,(H3,14,16,17)/b3-2+,15-7+. The van der Waals surface area contributed by atoms with Crippen molar-refractivity contribution in [1.82, 2.24) is 5.43 Å². The zero-order chi connectivity index (χ0) is 12.8. The third-order valence-electron chi connectivity index (χ3n) is 1.80. The molecule has 0 spiro atoms. The van der Waals surface area contributed by atoms with Gasteiger partial charge in [-0.2, -0.15) is 5.10 Å². The molecule has 0 fully saturated rings. The molecule has 0 radical (unpaired) electrons. The first-order valence-corrected chi connectivity index (χ1v) is 5.88. The molecule has 0 amide bonds. The van der Waals surface area contributed by atoms with Crippen LogP contribution in [0.25, 0.3) is 6.08 Å². The predicted molar refractivity (Wildman–Crippen MR) is 78.5 cm³/mol. The lowest BCUT2D eigenvalue weighted by Crippen LogP contribution is -2.24. The molecule has 0 saturated heterocycles. The zero-order valence-corrected chi connectivity index (χ0v) is 11.4. The maximum absolute atomic E-state index is 5.89. The molecule has 0 aliphatic rings. The Morgan fingerprint density at radius 1 is 1.41 bits per heavy atom. The van der Waals surface area contributed by atoms with E-state index < -0.39 is 0 Å². The summed E-state index contributed by atoms with van der Waals surface area (Å²) in [6, 6.07) is 5.37. The average molecular weight is 288 g/mol. The number of hydrazone groups is 1. The third-order valence-corrected chi connectivity index (χ3v) is 2.63. The molecular weight excluding hydrogens is 277 g/mol. The summed E-state index contributed by atoms with van der Waals surface area (Å²) in [4.78, 5) is 0. The van der Waals surface area contributed by atoms with E-state index in [0.29, 0.717) is 10.0 Å². The van der Waals surface area contributed by atoms with Gasteiger partial charge in [-0.25, -0.2) is 0 Å². The van der Waals surface area contributed by atoms with E-state index in [4.69, 9.17) is 28.9 Å². The van der Waals surface area contributed by atoms with Crippen molar-refractivity contribution in [1.29, 1.82) is 0 Å². The van der Waals surface area contributed by atoms with Crippen LogP contribution in [0.1, 0.15) is 12.5 Å². The number of hydrogen-bond acceptors (Lipinski definition) is 2. The Morgan fingerprint density at radius 3 is 2.71 bits per heavy atom. The summed E-state index contributed by atoms with van der Waals surface area (Å²) in [6.07, 6.45) is 3.67. The van der Waals surface area contributed by atoms with Crippen LogP contribution in [0.3, 0.4) is 0 Å². The van der Waals surface area contributed by atoms with Gasteiger partial charge in [0.15, 0.2) is 5.11 Å². The number of nitrogens with zero attached hydrogens (tertiary/aromatic N) is 1. The van der Waals surface area contributed by atoms with Gasteiger partial charge in [-0.1, -0.05) is 35.3 Å². The summed E-state index contributed by atoms with van der Waals surface area (Å²) in [6.45, 7) is 1.82. The molecule has 0 atom stereocenters. The number of rotatable bonds is 3. The lowest BCUT2D eigenvalue weighted by molar-refractivity contribution is 1.03. The first kappa shape index (κ1) is 14.0. The topological polar surface area (TPSA) is 50.4 Å². The molecule has 1 aromatic rings. The molecule has 0 heterocycles. The summed E-state index contributed by atoms with van der Waals surface area (Å²) < 4.78 is 0. The molecule has 0 aliphatic heterocycles. The molecule has 3 N–H and O–H groups in total. The molecule has 0 aromatic heterocycles. The van der Waals surface area contributed by atoms with Crippen molar-refractivity contribution in [3.8, 4) is 0 Å². The molecule has 0 bridgehead atoms. The van der Waals surface area contributed by atoms with Crippen molar-refractivity contribution in [2.24, 2.45) is 10.8 Å². The quantitative estimate of drug-likeness (QED) is 0.510. The normalized spacial score (nSPS) is 11.8. The monoisotopic (exact) mass is 287 g/mol. The largest absolute Gasteiger partial charge is 0.375 e. The summed E-state index contributed by atoms with van der Waals surface area (Å²) in [7, 11) is 0. The van der Waals surface area contributed by atoms with Gasteiger partial charge in [0.1, 0.15) is 0 Å². The highest BCUT2D eigenvalue weighted by Crippen LogP contribution is 2.23. The highest BCUT2D eigenvalue weighted by Gasteiger charge is 1.96. The second-order valence-corrected chi connectivity index (χ2v) is 4.49. The molecule has 1 rings (SSSR count). The van der Waals surface area contributed by atoms with Crippen LogP contribution in [0.2, 0.25) is 10.0 Å². The first-order valence-electron chi connectivity index (χ1n) is 4.72. The van der Waals surface area contributed by atoms with Crippen LogP contribution in [0.5, 0.6) is 0 Å². The molecule has 6 heteroatoms. The van der Waals surface area contributed by atoms with Gasteiger partial charge in [0.05, 0.1) is 15.8 Å². The lowest BCUT2D eigenvalue weighted by atomic mass is 10.2. The van der Waals surface area contributed by atoms with Crippen molar-refractivity contribution >= 4 is 52.3 Å². The number of benzene rings is 1. The van der Waals surface area contributed by atoms with Crippen molar-refractivity contribution in [3.05, 3.63) is 39.9 Å². The summed E-state index contributed by atoms with van der Waals surface area (Å²) in [5, 5.41) is 5.12. The maximum Gasteiger partial charge on any atom is 0.184 e. The van der Waals surface area contributed by atoms with Crippen LogP contribution in [0, 0.1) is 0 Å². The number of allylic oxidation sites excluding steroid dienone is 1. The van der Waals surface area contributed by atoms with Gasteiger partial charge >= 0.3 is 0 Å². The van der Waals surface area contributed by atoms with Crippen LogP contribution >= 0.6 is 35.4 Å². The summed E-state index contributed by atoms with van der Waals surface area (Å²) in [5.74, 6) is 0. The van der Waals surface area contributed by atoms with Crippen LogP contribution in [-0.2, 0) is 0 Å². The van der Waals surface area contributed by atoms with Crippen LogP contribution in [0.4, 0.5) is 0 Å². The number of hydrogen-bond donors (Lipinski definition) is 2. The van der Waals surface area contributed by atoms with E-state index in [2.05, 4.69) is 22.7 Å². The van der Waals surface area contributed by atoms with Gasteiger partial charge < -0.3 is 5.73 Å². The van der Waals surface area contributed by atoms with Gasteiger partial charge in [-0.15, -0.1) is 0 Å². The molecule has 1 aromatic carbocycles. The van der Waals surface area contributed by atoms with Crippen molar-refractivity contribution < 1.29 is 0 Å². The number of nitrogens with one attached hydrogen (secondary N) is 1. The predicted octanol–water partition coefficient (Wildman–Crippen LogP) is 3.22. The zero-order valence-electron chi connectivity index (χ0n) is 9.08. The van der Waals surface area contributed by atoms with Crippen LogP contribution in [0.15, 0.2) is 29.4 Å². The van der Waals surface area contributed by atoms with Crippen LogP contribution in [-0.4, -0.2) is 10.8 Å². The number of nitrogens with two attached hydrogens (primary N) is 1. The van der Waals surface area contributed by atoms with Gasteiger partial charge in [-0.3, -0.25) is 5.43 Å². The minimum atomic E-state index is 0.132. The molecule has 90 valence electrons. The minimum Gasteiger partial charge on any atom is -0.375 e. The molecule has 3 nitrogen and oxygen atoms in total. The van der Waals surface area contributed by atoms with E-state index in [1.165, 1.54) is 0 Å². The van der Waals surface area contributed by atoms with E-state index in [1.54, 1.807) is 12.1 Å². The van der Waals surface area contributed by atoms with E-state index >= 15 is 0 Å². The Hall–Kier alpha value is -1.10. The highest BCUT2D eigenvalue weighted by atomic mass is 35.5. The maximum atomic E-state index is 5.89. The molecule has 0 unspecified atom stereocenters. The average Bonchev–Trinajstić information content (AvgIpc) is 2.28. The van der Waals surface area contributed by atoms with E-state index in [9.17, 15) is 0 Å². The molecule has 0 aliphatic carbocycles. The fourth-order valence-corrected chi connectivity index (χ4v) is 1.37. The van der Waals surface area contributed by atoms with Crippen molar-refractivity contribution in [3.63, 3.8) is 0 Å². The SMILES string of the molecule is CC(/C=C/c1ccc(Cl)c(Cl)c1)=N\NC(N)=S.